The molecule has 3 rings (SSSR count). The highest BCUT2D eigenvalue weighted by molar-refractivity contribution is 5.80. The van der Waals surface area contributed by atoms with Crippen molar-refractivity contribution in [2.24, 2.45) is 13.0 Å². The molecule has 0 radical (unpaired) electrons. The number of hydrogen-bond acceptors (Lipinski definition) is 5. The molecule has 1 N–H and O–H groups in total. The summed E-state index contributed by atoms with van der Waals surface area (Å²) in [5.74, 6) is -0.0381. The van der Waals surface area contributed by atoms with Crippen molar-refractivity contribution in [1.82, 2.24) is 20.1 Å². The predicted octanol–water partition coefficient (Wildman–Crippen LogP) is 0.318. The minimum Gasteiger partial charge on any atom is -0.369 e. The Morgan fingerprint density at radius 2 is 2.30 bits per heavy atom. The highest BCUT2D eigenvalue weighted by atomic mass is 16.2. The molecule has 0 bridgehead atoms. The van der Waals surface area contributed by atoms with Crippen LogP contribution in [0.3, 0.4) is 0 Å². The SMILES string of the molecule is Cn1ncc(N2CCC(C(=O)NCc3cccnc3)C2)cc1=O. The van der Waals surface area contributed by atoms with Crippen LogP contribution in [0.25, 0.3) is 0 Å². The number of aromatic nitrogens is 3. The van der Waals surface area contributed by atoms with E-state index in [4.69, 9.17) is 0 Å². The summed E-state index contributed by atoms with van der Waals surface area (Å²) in [5.41, 5.74) is 1.61. The van der Waals surface area contributed by atoms with Gasteiger partial charge in [-0.15, -0.1) is 0 Å². The molecule has 1 amide bonds. The van der Waals surface area contributed by atoms with E-state index in [1.165, 1.54) is 4.68 Å². The van der Waals surface area contributed by atoms with Crippen LogP contribution in [0.15, 0.2) is 41.6 Å². The van der Waals surface area contributed by atoms with Crippen molar-refractivity contribution < 1.29 is 4.79 Å². The van der Waals surface area contributed by atoms with Crippen LogP contribution < -0.4 is 15.8 Å². The van der Waals surface area contributed by atoms with Gasteiger partial charge in [0.25, 0.3) is 5.56 Å². The summed E-state index contributed by atoms with van der Waals surface area (Å²) >= 11 is 0. The third kappa shape index (κ3) is 3.56. The largest absolute Gasteiger partial charge is 0.369 e. The zero-order valence-corrected chi connectivity index (χ0v) is 13.0. The van der Waals surface area contributed by atoms with Gasteiger partial charge in [0, 0.05) is 45.1 Å². The van der Waals surface area contributed by atoms with Crippen LogP contribution in [0.5, 0.6) is 0 Å². The Morgan fingerprint density at radius 1 is 1.43 bits per heavy atom. The molecule has 1 saturated heterocycles. The van der Waals surface area contributed by atoms with Crippen LogP contribution in [0.2, 0.25) is 0 Å². The molecule has 2 aromatic heterocycles. The number of nitrogens with zero attached hydrogens (tertiary/aromatic N) is 4. The van der Waals surface area contributed by atoms with Gasteiger partial charge in [-0.3, -0.25) is 14.6 Å². The van der Waals surface area contributed by atoms with Gasteiger partial charge < -0.3 is 10.2 Å². The Hall–Kier alpha value is -2.70. The summed E-state index contributed by atoms with van der Waals surface area (Å²) in [6.45, 7) is 1.84. The zero-order chi connectivity index (χ0) is 16.2. The lowest BCUT2D eigenvalue weighted by Crippen LogP contribution is -2.32. The number of rotatable bonds is 4. The molecule has 0 saturated carbocycles. The molecule has 0 spiro atoms. The number of pyridine rings is 1. The second-order valence-corrected chi connectivity index (χ2v) is 5.69. The van der Waals surface area contributed by atoms with E-state index < -0.39 is 0 Å². The lowest BCUT2D eigenvalue weighted by molar-refractivity contribution is -0.124. The van der Waals surface area contributed by atoms with Gasteiger partial charge in [0.1, 0.15) is 0 Å². The van der Waals surface area contributed by atoms with Gasteiger partial charge in [0.2, 0.25) is 5.91 Å². The Labute approximate surface area is 134 Å². The summed E-state index contributed by atoms with van der Waals surface area (Å²) in [5, 5.41) is 6.97. The van der Waals surface area contributed by atoms with Gasteiger partial charge in [0.05, 0.1) is 17.8 Å². The lowest BCUT2D eigenvalue weighted by Gasteiger charge is -2.18. The molecule has 3 heterocycles. The van der Waals surface area contributed by atoms with E-state index in [1.54, 1.807) is 31.7 Å². The van der Waals surface area contributed by atoms with Crippen molar-refractivity contribution in [2.45, 2.75) is 13.0 Å². The highest BCUT2D eigenvalue weighted by Crippen LogP contribution is 2.22. The topological polar surface area (TPSA) is 80.1 Å². The molecule has 2 aromatic rings. The van der Waals surface area contributed by atoms with Crippen LogP contribution >= 0.6 is 0 Å². The van der Waals surface area contributed by atoms with Gasteiger partial charge >= 0.3 is 0 Å². The number of carbonyl (C=O) groups excluding carboxylic acids is 1. The first-order valence-electron chi connectivity index (χ1n) is 7.58. The summed E-state index contributed by atoms with van der Waals surface area (Å²) in [6, 6.07) is 5.34. The average Bonchev–Trinajstić information content (AvgIpc) is 3.06. The number of nitrogens with one attached hydrogen (secondary N) is 1. The molecule has 7 nitrogen and oxygen atoms in total. The van der Waals surface area contributed by atoms with E-state index in [-0.39, 0.29) is 17.4 Å². The normalized spacial score (nSPS) is 17.3. The first-order chi connectivity index (χ1) is 11.1. The van der Waals surface area contributed by atoms with Gasteiger partial charge in [-0.1, -0.05) is 6.07 Å². The maximum Gasteiger partial charge on any atom is 0.268 e. The van der Waals surface area contributed by atoms with Crippen molar-refractivity contribution in [3.05, 3.63) is 52.7 Å². The van der Waals surface area contributed by atoms with Gasteiger partial charge in [-0.05, 0) is 18.1 Å². The molecule has 0 aromatic carbocycles. The van der Waals surface area contributed by atoms with E-state index in [2.05, 4.69) is 15.4 Å². The summed E-state index contributed by atoms with van der Waals surface area (Å²) in [4.78, 5) is 30.0. The fourth-order valence-corrected chi connectivity index (χ4v) is 2.68. The monoisotopic (exact) mass is 313 g/mol. The van der Waals surface area contributed by atoms with Gasteiger partial charge in [0.15, 0.2) is 0 Å². The van der Waals surface area contributed by atoms with Gasteiger partial charge in [-0.2, -0.15) is 5.10 Å². The van der Waals surface area contributed by atoms with E-state index in [1.807, 2.05) is 17.0 Å². The Bertz CT molecular complexity index is 744. The maximum absolute atomic E-state index is 12.3. The summed E-state index contributed by atoms with van der Waals surface area (Å²) in [6.07, 6.45) is 5.89. The molecule has 1 fully saturated rings. The third-order valence-corrected chi connectivity index (χ3v) is 4.07. The van der Waals surface area contributed by atoms with Crippen LogP contribution in [0.4, 0.5) is 5.69 Å². The molecule has 0 aliphatic carbocycles. The molecular formula is C16H19N5O2. The second kappa shape index (κ2) is 6.60. The molecule has 23 heavy (non-hydrogen) atoms. The summed E-state index contributed by atoms with van der Waals surface area (Å²) in [7, 11) is 1.62. The predicted molar refractivity (Wildman–Crippen MR) is 85.9 cm³/mol. The van der Waals surface area contributed by atoms with Crippen molar-refractivity contribution in [3.8, 4) is 0 Å². The standard InChI is InChI=1S/C16H19N5O2/c1-20-15(22)7-14(10-19-20)21-6-4-13(11-21)16(23)18-9-12-3-2-5-17-8-12/h2-3,5,7-8,10,13H,4,6,9,11H2,1H3,(H,18,23). The Balaban J connectivity index is 1.57. The molecule has 120 valence electrons. The molecule has 1 aliphatic heterocycles. The van der Waals surface area contributed by atoms with Crippen LogP contribution in [0, 0.1) is 5.92 Å². The zero-order valence-electron chi connectivity index (χ0n) is 13.0. The fraction of sp³-hybridized carbons (Fsp3) is 0.375. The molecular weight excluding hydrogens is 294 g/mol. The minimum atomic E-state index is -0.146. The lowest BCUT2D eigenvalue weighted by atomic mass is 10.1. The second-order valence-electron chi connectivity index (χ2n) is 5.69. The third-order valence-electron chi connectivity index (χ3n) is 4.07. The van der Waals surface area contributed by atoms with Gasteiger partial charge in [-0.25, -0.2) is 4.68 Å². The quantitative estimate of drug-likeness (QED) is 0.879. The average molecular weight is 313 g/mol. The summed E-state index contributed by atoms with van der Waals surface area (Å²) < 4.78 is 1.29. The van der Waals surface area contributed by atoms with Crippen LogP contribution in [-0.2, 0) is 18.4 Å². The van der Waals surface area contributed by atoms with Crippen molar-refractivity contribution in [2.75, 3.05) is 18.0 Å². The van der Waals surface area contributed by atoms with E-state index in [0.717, 1.165) is 24.2 Å². The first-order valence-corrected chi connectivity index (χ1v) is 7.58. The van der Waals surface area contributed by atoms with E-state index >= 15 is 0 Å². The number of amides is 1. The number of hydrogen-bond donors (Lipinski definition) is 1. The number of carbonyl (C=O) groups is 1. The smallest absolute Gasteiger partial charge is 0.268 e. The minimum absolute atomic E-state index is 0.0353. The molecule has 7 heteroatoms. The molecule has 1 aliphatic rings. The van der Waals surface area contributed by atoms with E-state index in [9.17, 15) is 9.59 Å². The van der Waals surface area contributed by atoms with Crippen molar-refractivity contribution in [1.29, 1.82) is 0 Å². The van der Waals surface area contributed by atoms with Crippen LogP contribution in [-0.4, -0.2) is 33.8 Å². The number of aryl methyl sites for hydroxylation is 1. The van der Waals surface area contributed by atoms with Crippen molar-refractivity contribution >= 4 is 11.6 Å². The highest BCUT2D eigenvalue weighted by Gasteiger charge is 2.28. The Kier molecular flexibility index (Phi) is 4.36. The number of anilines is 1. The Morgan fingerprint density at radius 3 is 3.04 bits per heavy atom. The first kappa shape index (κ1) is 15.2. The molecule has 1 unspecified atom stereocenters. The van der Waals surface area contributed by atoms with Crippen molar-refractivity contribution in [3.63, 3.8) is 0 Å². The molecule has 1 atom stereocenters. The van der Waals surface area contributed by atoms with Crippen LogP contribution in [0.1, 0.15) is 12.0 Å². The van der Waals surface area contributed by atoms with E-state index in [0.29, 0.717) is 13.1 Å². The fourth-order valence-electron chi connectivity index (χ4n) is 2.68. The maximum atomic E-state index is 12.3.